The average molecular weight is 222 g/mol. The van der Waals surface area contributed by atoms with E-state index < -0.39 is 0 Å². The maximum atomic E-state index is 8.97. The summed E-state index contributed by atoms with van der Waals surface area (Å²) in [5, 5.41) is 8.97. The Morgan fingerprint density at radius 3 is 3.06 bits per heavy atom. The molecule has 1 aliphatic rings. The predicted octanol–water partition coefficient (Wildman–Crippen LogP) is 1.05. The van der Waals surface area contributed by atoms with E-state index in [1.807, 2.05) is 0 Å². The molecule has 0 saturated heterocycles. The van der Waals surface area contributed by atoms with Crippen molar-refractivity contribution in [2.45, 2.75) is 25.5 Å². The molecule has 88 valence electrons. The maximum Gasteiger partial charge on any atom is 0.213 e. The van der Waals surface area contributed by atoms with Crippen LogP contribution in [0.2, 0.25) is 0 Å². The van der Waals surface area contributed by atoms with Crippen molar-refractivity contribution in [3.05, 3.63) is 23.9 Å². The highest BCUT2D eigenvalue weighted by Crippen LogP contribution is 2.24. The van der Waals surface area contributed by atoms with Gasteiger partial charge in [-0.1, -0.05) is 0 Å². The van der Waals surface area contributed by atoms with E-state index >= 15 is 0 Å². The van der Waals surface area contributed by atoms with E-state index in [4.69, 9.17) is 9.84 Å². The zero-order chi connectivity index (χ0) is 11.4. The van der Waals surface area contributed by atoms with E-state index in [1.165, 1.54) is 12.8 Å². The fourth-order valence-electron chi connectivity index (χ4n) is 1.62. The Labute approximate surface area is 95.9 Å². The second-order valence-corrected chi connectivity index (χ2v) is 4.22. The van der Waals surface area contributed by atoms with Crippen molar-refractivity contribution in [3.8, 4) is 5.88 Å². The molecular formula is C12H18N2O2. The van der Waals surface area contributed by atoms with Gasteiger partial charge in [0.2, 0.25) is 5.88 Å². The molecule has 1 heterocycles. The summed E-state index contributed by atoms with van der Waals surface area (Å²) in [7, 11) is 2.12. The van der Waals surface area contributed by atoms with E-state index in [2.05, 4.69) is 16.9 Å². The molecule has 4 heteroatoms. The van der Waals surface area contributed by atoms with E-state index in [9.17, 15) is 0 Å². The van der Waals surface area contributed by atoms with Gasteiger partial charge in [0.15, 0.2) is 0 Å². The Morgan fingerprint density at radius 1 is 1.56 bits per heavy atom. The Kier molecular flexibility index (Phi) is 3.74. The van der Waals surface area contributed by atoms with Crippen molar-refractivity contribution in [1.82, 2.24) is 9.88 Å². The molecule has 1 saturated carbocycles. The lowest BCUT2D eigenvalue weighted by molar-refractivity contribution is 0.225. The van der Waals surface area contributed by atoms with Crippen LogP contribution in [0.15, 0.2) is 18.3 Å². The molecule has 1 aromatic heterocycles. The maximum absolute atomic E-state index is 8.97. The van der Waals surface area contributed by atoms with Gasteiger partial charge in [-0.25, -0.2) is 4.98 Å². The van der Waals surface area contributed by atoms with Gasteiger partial charge in [-0.2, -0.15) is 0 Å². The molecule has 0 unspecified atom stereocenters. The van der Waals surface area contributed by atoms with E-state index in [-0.39, 0.29) is 6.61 Å². The summed E-state index contributed by atoms with van der Waals surface area (Å²) < 4.78 is 5.53. The van der Waals surface area contributed by atoms with Crippen molar-refractivity contribution < 1.29 is 9.84 Å². The van der Waals surface area contributed by atoms with Gasteiger partial charge in [0.1, 0.15) is 6.61 Å². The van der Waals surface area contributed by atoms with Gasteiger partial charge in [0.05, 0.1) is 6.61 Å². The van der Waals surface area contributed by atoms with Crippen molar-refractivity contribution in [2.24, 2.45) is 0 Å². The molecule has 0 amide bonds. The lowest BCUT2D eigenvalue weighted by Gasteiger charge is -2.15. The molecular weight excluding hydrogens is 204 g/mol. The van der Waals surface area contributed by atoms with Gasteiger partial charge in [-0.05, 0) is 31.5 Å². The minimum atomic E-state index is 0.0286. The molecule has 16 heavy (non-hydrogen) atoms. The smallest absolute Gasteiger partial charge is 0.213 e. The van der Waals surface area contributed by atoms with Gasteiger partial charge >= 0.3 is 0 Å². The Bertz CT molecular complexity index is 340. The third-order valence-electron chi connectivity index (χ3n) is 2.85. The molecule has 1 fully saturated rings. The molecule has 0 aromatic carbocycles. The summed E-state index contributed by atoms with van der Waals surface area (Å²) >= 11 is 0. The molecule has 4 nitrogen and oxygen atoms in total. The summed E-state index contributed by atoms with van der Waals surface area (Å²) in [4.78, 5) is 6.41. The van der Waals surface area contributed by atoms with Crippen LogP contribution < -0.4 is 4.74 Å². The highest BCUT2D eigenvalue weighted by Gasteiger charge is 2.25. The van der Waals surface area contributed by atoms with Crippen LogP contribution in [-0.2, 0) is 6.61 Å². The minimum absolute atomic E-state index is 0.0286. The number of likely N-dealkylation sites (N-methyl/N-ethyl adjacent to an activating group) is 1. The number of hydrogen-bond acceptors (Lipinski definition) is 4. The first-order valence-corrected chi connectivity index (χ1v) is 5.68. The van der Waals surface area contributed by atoms with Gasteiger partial charge < -0.3 is 14.7 Å². The second kappa shape index (κ2) is 5.27. The van der Waals surface area contributed by atoms with E-state index in [0.717, 1.165) is 18.2 Å². The topological polar surface area (TPSA) is 45.6 Å². The monoisotopic (exact) mass is 222 g/mol. The Hall–Kier alpha value is -1.13. The Balaban J connectivity index is 1.75. The van der Waals surface area contributed by atoms with Gasteiger partial charge in [0.25, 0.3) is 0 Å². The first kappa shape index (κ1) is 11.4. The number of pyridine rings is 1. The van der Waals surface area contributed by atoms with Gasteiger partial charge in [-0.15, -0.1) is 0 Å². The SMILES string of the molecule is CN(CCOc1cc(CO)ccn1)C1CC1. The Morgan fingerprint density at radius 2 is 2.38 bits per heavy atom. The lowest BCUT2D eigenvalue weighted by Crippen LogP contribution is -2.26. The molecule has 1 N–H and O–H groups in total. The number of aromatic nitrogens is 1. The first-order valence-electron chi connectivity index (χ1n) is 5.68. The van der Waals surface area contributed by atoms with Crippen molar-refractivity contribution in [2.75, 3.05) is 20.2 Å². The molecule has 0 radical (unpaired) electrons. The van der Waals surface area contributed by atoms with Crippen LogP contribution in [0, 0.1) is 0 Å². The summed E-state index contributed by atoms with van der Waals surface area (Å²) in [6.45, 7) is 1.60. The zero-order valence-electron chi connectivity index (χ0n) is 9.59. The number of hydrogen-bond donors (Lipinski definition) is 1. The first-order chi connectivity index (χ1) is 7.79. The summed E-state index contributed by atoms with van der Waals surface area (Å²) in [6, 6.07) is 4.32. The second-order valence-electron chi connectivity index (χ2n) is 4.22. The highest BCUT2D eigenvalue weighted by molar-refractivity contribution is 5.19. The number of rotatable bonds is 6. The molecule has 1 aromatic rings. The molecule has 1 aliphatic carbocycles. The summed E-state index contributed by atoms with van der Waals surface area (Å²) in [5.74, 6) is 0.593. The molecule has 0 bridgehead atoms. The number of aliphatic hydroxyl groups excluding tert-OH is 1. The van der Waals surface area contributed by atoms with Crippen LogP contribution in [0.3, 0.4) is 0 Å². The third kappa shape index (κ3) is 3.18. The summed E-state index contributed by atoms with van der Waals surface area (Å²) in [5.41, 5.74) is 0.834. The normalized spacial score (nSPS) is 15.4. The number of aliphatic hydroxyl groups is 1. The van der Waals surface area contributed by atoms with Crippen molar-refractivity contribution >= 4 is 0 Å². The van der Waals surface area contributed by atoms with Gasteiger partial charge in [0, 0.05) is 24.8 Å². The number of ether oxygens (including phenoxy) is 1. The van der Waals surface area contributed by atoms with Gasteiger partial charge in [-0.3, -0.25) is 0 Å². The average Bonchev–Trinajstić information content (AvgIpc) is 3.13. The van der Waals surface area contributed by atoms with E-state index in [0.29, 0.717) is 12.5 Å². The molecule has 0 spiro atoms. The van der Waals surface area contributed by atoms with Crippen LogP contribution in [0.25, 0.3) is 0 Å². The van der Waals surface area contributed by atoms with Crippen LogP contribution >= 0.6 is 0 Å². The quantitative estimate of drug-likeness (QED) is 0.781. The van der Waals surface area contributed by atoms with Crippen LogP contribution in [0.1, 0.15) is 18.4 Å². The minimum Gasteiger partial charge on any atom is -0.476 e. The molecule has 0 atom stereocenters. The van der Waals surface area contributed by atoms with Crippen LogP contribution in [-0.4, -0.2) is 41.2 Å². The highest BCUT2D eigenvalue weighted by atomic mass is 16.5. The third-order valence-corrected chi connectivity index (χ3v) is 2.85. The standard InChI is InChI=1S/C12H18N2O2/c1-14(11-2-3-11)6-7-16-12-8-10(9-15)4-5-13-12/h4-5,8,11,15H,2-3,6-7,9H2,1H3. The zero-order valence-corrected chi connectivity index (χ0v) is 9.59. The number of nitrogens with zero attached hydrogens (tertiary/aromatic N) is 2. The largest absolute Gasteiger partial charge is 0.476 e. The molecule has 0 aliphatic heterocycles. The lowest BCUT2D eigenvalue weighted by atomic mass is 10.3. The van der Waals surface area contributed by atoms with Crippen molar-refractivity contribution in [1.29, 1.82) is 0 Å². The van der Waals surface area contributed by atoms with E-state index in [1.54, 1.807) is 18.3 Å². The van der Waals surface area contributed by atoms with Crippen LogP contribution in [0.4, 0.5) is 0 Å². The fraction of sp³-hybridized carbons (Fsp3) is 0.583. The summed E-state index contributed by atoms with van der Waals surface area (Å²) in [6.07, 6.45) is 4.29. The fourth-order valence-corrected chi connectivity index (χ4v) is 1.62. The van der Waals surface area contributed by atoms with Crippen molar-refractivity contribution in [3.63, 3.8) is 0 Å². The van der Waals surface area contributed by atoms with Crippen LogP contribution in [0.5, 0.6) is 5.88 Å². The predicted molar refractivity (Wildman–Crippen MR) is 61.3 cm³/mol. The molecule has 2 rings (SSSR count).